The van der Waals surface area contributed by atoms with E-state index < -0.39 is 0 Å². The molecule has 1 saturated heterocycles. The van der Waals surface area contributed by atoms with Crippen LogP contribution in [0.5, 0.6) is 0 Å². The van der Waals surface area contributed by atoms with Crippen molar-refractivity contribution in [1.82, 2.24) is 4.31 Å². The summed E-state index contributed by atoms with van der Waals surface area (Å²) in [5.74, 6) is 1.32. The molecular formula is C9H19NS. The van der Waals surface area contributed by atoms with Gasteiger partial charge < -0.3 is 0 Å². The molecule has 1 aliphatic rings. The topological polar surface area (TPSA) is 3.24 Å². The molecule has 2 heteroatoms. The van der Waals surface area contributed by atoms with E-state index in [-0.39, 0.29) is 0 Å². The predicted molar refractivity (Wildman–Crippen MR) is 52.8 cm³/mol. The Morgan fingerprint density at radius 1 is 1.09 bits per heavy atom. The Balaban J connectivity index is 2.43. The van der Waals surface area contributed by atoms with Crippen LogP contribution in [0.2, 0.25) is 0 Å². The zero-order valence-electron chi connectivity index (χ0n) is 7.89. The summed E-state index contributed by atoms with van der Waals surface area (Å²) in [7, 11) is 0. The molecule has 0 radical (unpaired) electrons. The molecule has 0 unspecified atom stereocenters. The van der Waals surface area contributed by atoms with Gasteiger partial charge in [0.15, 0.2) is 0 Å². The lowest BCUT2D eigenvalue weighted by atomic mass is 10.1. The van der Waals surface area contributed by atoms with E-state index in [0.717, 1.165) is 0 Å². The summed E-state index contributed by atoms with van der Waals surface area (Å²) in [5.41, 5.74) is 0.356. The van der Waals surface area contributed by atoms with Crippen molar-refractivity contribution in [2.24, 2.45) is 0 Å². The standard InChI is InChI=1S/C9H19NS/c1-9(2,3)10-7-5-4-6-8-11-10/h4-8H2,1-3H3. The number of hydrogen-bond acceptors (Lipinski definition) is 2. The quantitative estimate of drug-likeness (QED) is 0.518. The lowest BCUT2D eigenvalue weighted by Gasteiger charge is -2.33. The first-order valence-electron chi connectivity index (χ1n) is 4.51. The number of hydrogen-bond donors (Lipinski definition) is 0. The van der Waals surface area contributed by atoms with E-state index in [1.807, 2.05) is 11.9 Å². The van der Waals surface area contributed by atoms with Crippen LogP contribution in [0.25, 0.3) is 0 Å². The van der Waals surface area contributed by atoms with Crippen molar-refractivity contribution < 1.29 is 0 Å². The predicted octanol–water partition coefficient (Wildman–Crippen LogP) is 2.92. The van der Waals surface area contributed by atoms with Crippen molar-refractivity contribution in [2.45, 2.75) is 45.6 Å². The highest BCUT2D eigenvalue weighted by Crippen LogP contribution is 2.27. The van der Waals surface area contributed by atoms with Gasteiger partial charge in [0.25, 0.3) is 0 Å². The van der Waals surface area contributed by atoms with Crippen molar-refractivity contribution in [2.75, 3.05) is 12.3 Å². The molecule has 0 aromatic carbocycles. The smallest absolute Gasteiger partial charge is 0.0229 e. The maximum absolute atomic E-state index is 2.53. The lowest BCUT2D eigenvalue weighted by molar-refractivity contribution is 0.273. The highest BCUT2D eigenvalue weighted by Gasteiger charge is 2.22. The molecule has 0 bridgehead atoms. The van der Waals surface area contributed by atoms with Gasteiger partial charge in [0.05, 0.1) is 0 Å². The van der Waals surface area contributed by atoms with E-state index in [1.54, 1.807) is 0 Å². The Morgan fingerprint density at radius 2 is 1.82 bits per heavy atom. The van der Waals surface area contributed by atoms with Gasteiger partial charge in [0.2, 0.25) is 0 Å². The second kappa shape index (κ2) is 3.81. The SMILES string of the molecule is CC(C)(C)N1CCCCCS1. The van der Waals surface area contributed by atoms with Gasteiger partial charge in [-0.25, -0.2) is 4.31 Å². The van der Waals surface area contributed by atoms with Crippen LogP contribution in [0.15, 0.2) is 0 Å². The highest BCUT2D eigenvalue weighted by atomic mass is 32.2. The van der Waals surface area contributed by atoms with Gasteiger partial charge >= 0.3 is 0 Å². The van der Waals surface area contributed by atoms with Gasteiger partial charge in [-0.15, -0.1) is 0 Å². The largest absolute Gasteiger partial charge is 0.245 e. The minimum Gasteiger partial charge on any atom is -0.245 e. The summed E-state index contributed by atoms with van der Waals surface area (Å²) in [5, 5.41) is 0. The van der Waals surface area contributed by atoms with E-state index in [2.05, 4.69) is 25.1 Å². The molecule has 11 heavy (non-hydrogen) atoms. The van der Waals surface area contributed by atoms with Crippen molar-refractivity contribution >= 4 is 11.9 Å². The molecule has 0 aliphatic carbocycles. The van der Waals surface area contributed by atoms with E-state index in [4.69, 9.17) is 0 Å². The third kappa shape index (κ3) is 3.04. The summed E-state index contributed by atoms with van der Waals surface area (Å²) < 4.78 is 2.53. The Bertz CT molecular complexity index is 109. The molecule has 1 heterocycles. The maximum Gasteiger partial charge on any atom is 0.0229 e. The van der Waals surface area contributed by atoms with Crippen LogP contribution < -0.4 is 0 Å². The van der Waals surface area contributed by atoms with Crippen LogP contribution in [-0.2, 0) is 0 Å². The molecular weight excluding hydrogens is 154 g/mol. The first kappa shape index (κ1) is 9.40. The molecule has 0 spiro atoms. The normalized spacial score (nSPS) is 23.2. The van der Waals surface area contributed by atoms with Crippen molar-refractivity contribution in [3.05, 3.63) is 0 Å². The fourth-order valence-corrected chi connectivity index (χ4v) is 2.50. The summed E-state index contributed by atoms with van der Waals surface area (Å²) in [4.78, 5) is 0. The molecule has 0 N–H and O–H groups in total. The summed E-state index contributed by atoms with van der Waals surface area (Å²) in [6.07, 6.45) is 4.20. The first-order valence-corrected chi connectivity index (χ1v) is 5.45. The molecule has 0 aromatic rings. The third-order valence-electron chi connectivity index (χ3n) is 2.00. The van der Waals surface area contributed by atoms with E-state index >= 15 is 0 Å². The molecule has 0 saturated carbocycles. The molecule has 1 aliphatic heterocycles. The summed E-state index contributed by atoms with van der Waals surface area (Å²) >= 11 is 2.02. The average Bonchev–Trinajstić information content (AvgIpc) is 2.10. The van der Waals surface area contributed by atoms with Gasteiger partial charge in [-0.1, -0.05) is 18.4 Å². The summed E-state index contributed by atoms with van der Waals surface area (Å²) in [6, 6.07) is 0. The Labute approximate surface area is 74.7 Å². The fraction of sp³-hybridized carbons (Fsp3) is 1.00. The molecule has 66 valence electrons. The Kier molecular flexibility index (Phi) is 3.26. The van der Waals surface area contributed by atoms with Crippen LogP contribution in [0.3, 0.4) is 0 Å². The number of rotatable bonds is 0. The Morgan fingerprint density at radius 3 is 2.45 bits per heavy atom. The van der Waals surface area contributed by atoms with Gasteiger partial charge in [-0.3, -0.25) is 0 Å². The monoisotopic (exact) mass is 173 g/mol. The molecule has 0 atom stereocenters. The molecule has 1 fully saturated rings. The van der Waals surface area contributed by atoms with Crippen molar-refractivity contribution in [3.63, 3.8) is 0 Å². The molecule has 1 rings (SSSR count). The van der Waals surface area contributed by atoms with E-state index in [9.17, 15) is 0 Å². The lowest BCUT2D eigenvalue weighted by Crippen LogP contribution is -2.36. The average molecular weight is 173 g/mol. The van der Waals surface area contributed by atoms with E-state index in [0.29, 0.717) is 5.54 Å². The van der Waals surface area contributed by atoms with E-state index in [1.165, 1.54) is 31.6 Å². The second-order valence-corrected chi connectivity index (χ2v) is 5.27. The molecule has 1 nitrogen and oxygen atoms in total. The number of nitrogens with zero attached hydrogens (tertiary/aromatic N) is 1. The highest BCUT2D eigenvalue weighted by molar-refractivity contribution is 7.97. The van der Waals surface area contributed by atoms with Crippen LogP contribution in [0.4, 0.5) is 0 Å². The molecule has 0 aromatic heterocycles. The summed E-state index contributed by atoms with van der Waals surface area (Å²) in [6.45, 7) is 8.16. The van der Waals surface area contributed by atoms with Gasteiger partial charge in [0, 0.05) is 17.8 Å². The van der Waals surface area contributed by atoms with Crippen molar-refractivity contribution in [1.29, 1.82) is 0 Å². The zero-order valence-corrected chi connectivity index (χ0v) is 8.71. The van der Waals surface area contributed by atoms with Crippen LogP contribution in [-0.4, -0.2) is 22.1 Å². The third-order valence-corrected chi connectivity index (χ3v) is 3.51. The van der Waals surface area contributed by atoms with Crippen LogP contribution in [0.1, 0.15) is 40.0 Å². The van der Waals surface area contributed by atoms with Gasteiger partial charge in [-0.05, 0) is 33.6 Å². The second-order valence-electron chi connectivity index (χ2n) is 4.17. The minimum absolute atomic E-state index is 0.356. The Hall–Kier alpha value is 0.310. The van der Waals surface area contributed by atoms with Gasteiger partial charge in [0.1, 0.15) is 0 Å². The van der Waals surface area contributed by atoms with Gasteiger partial charge in [-0.2, -0.15) is 0 Å². The molecule has 0 amide bonds. The first-order chi connectivity index (χ1) is 5.11. The van der Waals surface area contributed by atoms with Crippen LogP contribution in [0, 0.1) is 0 Å². The maximum atomic E-state index is 2.53. The zero-order chi connectivity index (χ0) is 8.32. The fourth-order valence-electron chi connectivity index (χ4n) is 1.30. The van der Waals surface area contributed by atoms with Crippen molar-refractivity contribution in [3.8, 4) is 0 Å². The van der Waals surface area contributed by atoms with Crippen LogP contribution >= 0.6 is 11.9 Å². The minimum atomic E-state index is 0.356.